The molecular weight excluding hydrogens is 208 g/mol. The van der Waals surface area contributed by atoms with Crippen LogP contribution in [0.1, 0.15) is 27.2 Å². The molecule has 1 atom stereocenters. The lowest BCUT2D eigenvalue weighted by molar-refractivity contribution is -0.134. The molecule has 0 saturated carbocycles. The summed E-state index contributed by atoms with van der Waals surface area (Å²) < 4.78 is 0. The number of hydrogen-bond acceptors (Lipinski definition) is 3. The largest absolute Gasteiger partial charge is 0.340 e. The van der Waals surface area contributed by atoms with E-state index in [0.29, 0.717) is 0 Å². The monoisotopic (exact) mass is 230 g/mol. The number of nitrogens with two attached hydrogens (primary N) is 1. The molecule has 0 aliphatic carbocycles. The third kappa shape index (κ3) is 3.68. The number of rotatable bonds is 1. The summed E-state index contributed by atoms with van der Waals surface area (Å²) in [5.74, 6) is 2.32. The van der Waals surface area contributed by atoms with Gasteiger partial charge in [-0.05, 0) is 17.6 Å². The predicted octanol–water partition coefficient (Wildman–Crippen LogP) is 1.33. The van der Waals surface area contributed by atoms with Gasteiger partial charge in [-0.25, -0.2) is 0 Å². The molecule has 15 heavy (non-hydrogen) atoms. The second-order valence-corrected chi connectivity index (χ2v) is 6.36. The van der Waals surface area contributed by atoms with E-state index >= 15 is 0 Å². The van der Waals surface area contributed by atoms with E-state index in [1.54, 1.807) is 0 Å². The Bertz CT molecular complexity index is 217. The van der Waals surface area contributed by atoms with E-state index in [1.807, 2.05) is 37.4 Å². The van der Waals surface area contributed by atoms with E-state index in [1.165, 1.54) is 0 Å². The highest BCUT2D eigenvalue weighted by atomic mass is 32.2. The molecule has 0 radical (unpaired) electrons. The quantitative estimate of drug-likeness (QED) is 0.739. The molecule has 0 unspecified atom stereocenters. The maximum absolute atomic E-state index is 12.1. The van der Waals surface area contributed by atoms with Crippen molar-refractivity contribution in [3.8, 4) is 0 Å². The minimum Gasteiger partial charge on any atom is -0.340 e. The fourth-order valence-electron chi connectivity index (χ4n) is 1.53. The van der Waals surface area contributed by atoms with Crippen LogP contribution in [0.15, 0.2) is 0 Å². The van der Waals surface area contributed by atoms with Gasteiger partial charge in [0, 0.05) is 18.8 Å². The van der Waals surface area contributed by atoms with E-state index in [4.69, 9.17) is 5.73 Å². The van der Waals surface area contributed by atoms with Crippen LogP contribution < -0.4 is 5.73 Å². The molecule has 1 saturated heterocycles. The van der Waals surface area contributed by atoms with Gasteiger partial charge >= 0.3 is 0 Å². The second kappa shape index (κ2) is 5.21. The first-order chi connectivity index (χ1) is 6.93. The van der Waals surface area contributed by atoms with Crippen LogP contribution in [0.25, 0.3) is 0 Å². The van der Waals surface area contributed by atoms with E-state index in [0.717, 1.165) is 31.0 Å². The molecule has 1 heterocycles. The average Bonchev–Trinajstić information content (AvgIpc) is 2.42. The van der Waals surface area contributed by atoms with Crippen LogP contribution in [-0.4, -0.2) is 41.4 Å². The zero-order valence-electron chi connectivity index (χ0n) is 9.95. The van der Waals surface area contributed by atoms with Crippen molar-refractivity contribution >= 4 is 17.7 Å². The number of carbonyl (C=O) groups excluding carboxylic acids is 1. The normalized spacial score (nSPS) is 20.9. The highest BCUT2D eigenvalue weighted by molar-refractivity contribution is 7.99. The zero-order chi connectivity index (χ0) is 11.5. The van der Waals surface area contributed by atoms with E-state index in [9.17, 15) is 4.79 Å². The third-order valence-corrected chi connectivity index (χ3v) is 3.78. The van der Waals surface area contributed by atoms with Gasteiger partial charge in [-0.3, -0.25) is 4.79 Å². The van der Waals surface area contributed by atoms with Crippen LogP contribution in [-0.2, 0) is 4.79 Å². The van der Waals surface area contributed by atoms with Crippen LogP contribution in [0.5, 0.6) is 0 Å². The molecule has 88 valence electrons. The molecule has 0 bridgehead atoms. The molecule has 1 aliphatic rings. The summed E-state index contributed by atoms with van der Waals surface area (Å²) in [6.07, 6.45) is 1.09. The fraction of sp³-hybridized carbons (Fsp3) is 0.909. The molecule has 3 nitrogen and oxygen atoms in total. The molecule has 0 aromatic carbocycles. The number of amides is 1. The van der Waals surface area contributed by atoms with Crippen LogP contribution in [0.4, 0.5) is 0 Å². The summed E-state index contributed by atoms with van der Waals surface area (Å²) in [7, 11) is 0. The molecule has 1 rings (SSSR count). The summed E-state index contributed by atoms with van der Waals surface area (Å²) in [4.78, 5) is 14.0. The molecule has 1 fully saturated rings. The minimum atomic E-state index is -0.374. The first-order valence-corrected chi connectivity index (χ1v) is 6.70. The van der Waals surface area contributed by atoms with Gasteiger partial charge in [0.05, 0.1) is 6.04 Å². The number of thioether (sulfide) groups is 1. The second-order valence-electron chi connectivity index (χ2n) is 5.13. The molecule has 0 spiro atoms. The van der Waals surface area contributed by atoms with Crippen molar-refractivity contribution in [2.24, 2.45) is 11.1 Å². The standard InChI is InChI=1S/C11H22N2OS/c1-11(2,3)9(12)10(14)13-5-4-7-15-8-6-13/h9H,4-8,12H2,1-3H3/t9-/m0/s1. The highest BCUT2D eigenvalue weighted by Crippen LogP contribution is 2.20. The van der Waals surface area contributed by atoms with Crippen molar-refractivity contribution in [1.82, 2.24) is 4.90 Å². The van der Waals surface area contributed by atoms with Crippen molar-refractivity contribution < 1.29 is 4.79 Å². The van der Waals surface area contributed by atoms with Gasteiger partial charge in [-0.15, -0.1) is 0 Å². The van der Waals surface area contributed by atoms with Gasteiger partial charge in [0.25, 0.3) is 0 Å². The van der Waals surface area contributed by atoms with Crippen LogP contribution in [0.3, 0.4) is 0 Å². The zero-order valence-corrected chi connectivity index (χ0v) is 10.8. The fourth-order valence-corrected chi connectivity index (χ4v) is 2.42. The minimum absolute atomic E-state index is 0.116. The summed E-state index contributed by atoms with van der Waals surface area (Å²) in [6, 6.07) is -0.374. The van der Waals surface area contributed by atoms with Crippen molar-refractivity contribution in [3.05, 3.63) is 0 Å². The summed E-state index contributed by atoms with van der Waals surface area (Å²) in [5.41, 5.74) is 5.84. The van der Waals surface area contributed by atoms with Crippen molar-refractivity contribution in [2.45, 2.75) is 33.2 Å². The number of carbonyl (C=O) groups is 1. The first-order valence-electron chi connectivity index (χ1n) is 5.55. The molecule has 1 amide bonds. The predicted molar refractivity (Wildman–Crippen MR) is 66.0 cm³/mol. The summed E-state index contributed by atoms with van der Waals surface area (Å²) >= 11 is 1.92. The molecule has 4 heteroatoms. The van der Waals surface area contributed by atoms with Crippen molar-refractivity contribution in [1.29, 1.82) is 0 Å². The topological polar surface area (TPSA) is 46.3 Å². The van der Waals surface area contributed by atoms with Gasteiger partial charge in [0.2, 0.25) is 5.91 Å². The van der Waals surface area contributed by atoms with Gasteiger partial charge in [0.1, 0.15) is 0 Å². The Morgan fingerprint density at radius 1 is 1.33 bits per heavy atom. The van der Waals surface area contributed by atoms with Crippen LogP contribution in [0.2, 0.25) is 0 Å². The lowest BCUT2D eigenvalue weighted by Gasteiger charge is -2.31. The molecule has 0 aromatic rings. The van der Waals surface area contributed by atoms with Crippen molar-refractivity contribution in [3.63, 3.8) is 0 Å². The van der Waals surface area contributed by atoms with Gasteiger partial charge in [0.15, 0.2) is 0 Å². The Morgan fingerprint density at radius 2 is 2.00 bits per heavy atom. The molecule has 0 aromatic heterocycles. The Hall–Kier alpha value is -0.220. The number of nitrogens with zero attached hydrogens (tertiary/aromatic N) is 1. The molecular formula is C11H22N2OS. The van der Waals surface area contributed by atoms with E-state index in [-0.39, 0.29) is 17.4 Å². The van der Waals surface area contributed by atoms with Crippen LogP contribution >= 0.6 is 11.8 Å². The first kappa shape index (κ1) is 12.8. The summed E-state index contributed by atoms with van der Waals surface area (Å²) in [6.45, 7) is 7.77. The van der Waals surface area contributed by atoms with Crippen molar-refractivity contribution in [2.75, 3.05) is 24.6 Å². The van der Waals surface area contributed by atoms with Gasteiger partial charge < -0.3 is 10.6 Å². The van der Waals surface area contributed by atoms with Gasteiger partial charge in [-0.2, -0.15) is 11.8 Å². The Kier molecular flexibility index (Phi) is 4.46. The Balaban J connectivity index is 2.58. The molecule has 2 N–H and O–H groups in total. The molecule has 1 aliphatic heterocycles. The van der Waals surface area contributed by atoms with E-state index < -0.39 is 0 Å². The maximum atomic E-state index is 12.1. The lowest BCUT2D eigenvalue weighted by Crippen LogP contribution is -2.50. The SMILES string of the molecule is CC(C)(C)[C@@H](N)C(=O)N1CCCSCC1. The summed E-state index contributed by atoms with van der Waals surface area (Å²) in [5, 5.41) is 0. The third-order valence-electron chi connectivity index (χ3n) is 2.73. The van der Waals surface area contributed by atoms with Gasteiger partial charge in [-0.1, -0.05) is 20.8 Å². The number of hydrogen-bond donors (Lipinski definition) is 1. The average molecular weight is 230 g/mol. The Morgan fingerprint density at radius 3 is 2.60 bits per heavy atom. The highest BCUT2D eigenvalue weighted by Gasteiger charge is 2.31. The van der Waals surface area contributed by atoms with E-state index in [2.05, 4.69) is 0 Å². The lowest BCUT2D eigenvalue weighted by atomic mass is 9.86. The Labute approximate surface area is 96.8 Å². The smallest absolute Gasteiger partial charge is 0.240 e. The maximum Gasteiger partial charge on any atom is 0.240 e. The van der Waals surface area contributed by atoms with Crippen LogP contribution in [0, 0.1) is 5.41 Å².